The van der Waals surface area contributed by atoms with E-state index in [4.69, 9.17) is 9.47 Å². The lowest BCUT2D eigenvalue weighted by Crippen LogP contribution is -2.41. The van der Waals surface area contributed by atoms with Crippen LogP contribution in [0.2, 0.25) is 0 Å². The second kappa shape index (κ2) is 7.09. The summed E-state index contributed by atoms with van der Waals surface area (Å²) in [5.74, 6) is 1.16. The molecule has 0 spiro atoms. The minimum atomic E-state index is -3.50. The van der Waals surface area contributed by atoms with Crippen LogP contribution in [0.15, 0.2) is 23.1 Å². The van der Waals surface area contributed by atoms with Crippen LogP contribution in [0.5, 0.6) is 11.5 Å². The lowest BCUT2D eigenvalue weighted by molar-refractivity contribution is 0.261. The number of benzene rings is 1. The van der Waals surface area contributed by atoms with Gasteiger partial charge in [0.15, 0.2) is 11.5 Å². The van der Waals surface area contributed by atoms with Gasteiger partial charge in [-0.05, 0) is 25.0 Å². The molecule has 0 bridgehead atoms. The van der Waals surface area contributed by atoms with Gasteiger partial charge in [0, 0.05) is 25.1 Å². The van der Waals surface area contributed by atoms with Crippen molar-refractivity contribution in [3.05, 3.63) is 18.2 Å². The van der Waals surface area contributed by atoms with E-state index >= 15 is 0 Å². The van der Waals surface area contributed by atoms with E-state index in [9.17, 15) is 8.42 Å². The van der Waals surface area contributed by atoms with Gasteiger partial charge in [0.1, 0.15) is 0 Å². The highest BCUT2D eigenvalue weighted by Gasteiger charge is 2.31. The Hall–Kier alpha value is -1.27. The number of hydrogen-bond acceptors (Lipinski definition) is 4. The topological polar surface area (TPSA) is 55.8 Å². The largest absolute Gasteiger partial charge is 0.490 e. The average molecular weight is 339 g/mol. The molecule has 1 aliphatic heterocycles. The third-order valence-electron chi connectivity index (χ3n) is 4.62. The van der Waals surface area contributed by atoms with Crippen molar-refractivity contribution in [3.8, 4) is 11.5 Å². The summed E-state index contributed by atoms with van der Waals surface area (Å²) in [6, 6.07) is 5.08. The smallest absolute Gasteiger partial charge is 0.243 e. The van der Waals surface area contributed by atoms with Crippen LogP contribution >= 0.6 is 0 Å². The molecular formula is C17H25NO4S. The Bertz CT molecular complexity index is 638. The Morgan fingerprint density at radius 1 is 1.04 bits per heavy atom. The highest BCUT2D eigenvalue weighted by atomic mass is 32.2. The molecule has 1 aromatic carbocycles. The van der Waals surface area contributed by atoms with E-state index < -0.39 is 10.0 Å². The highest BCUT2D eigenvalue weighted by Crippen LogP contribution is 2.34. The molecule has 0 N–H and O–H groups in total. The first-order valence-electron chi connectivity index (χ1n) is 8.54. The summed E-state index contributed by atoms with van der Waals surface area (Å²) in [6.07, 6.45) is 6.14. The molecule has 0 aromatic heterocycles. The molecule has 1 fully saturated rings. The first kappa shape index (κ1) is 16.6. The third kappa shape index (κ3) is 3.48. The molecule has 1 heterocycles. The van der Waals surface area contributed by atoms with Crippen LogP contribution < -0.4 is 9.47 Å². The molecule has 0 unspecified atom stereocenters. The van der Waals surface area contributed by atoms with Gasteiger partial charge in [-0.15, -0.1) is 0 Å². The number of sulfonamides is 1. The van der Waals surface area contributed by atoms with Gasteiger partial charge >= 0.3 is 0 Å². The average Bonchev–Trinajstić information content (AvgIpc) is 2.81. The van der Waals surface area contributed by atoms with Crippen LogP contribution in [-0.4, -0.2) is 38.5 Å². The number of fused-ring (bicyclic) bond motifs is 1. The lowest BCUT2D eigenvalue weighted by atomic mass is 9.95. The Balaban J connectivity index is 1.90. The van der Waals surface area contributed by atoms with E-state index in [-0.39, 0.29) is 6.04 Å². The van der Waals surface area contributed by atoms with Crippen LogP contribution in [0.3, 0.4) is 0 Å². The zero-order chi connectivity index (χ0) is 16.3. The van der Waals surface area contributed by atoms with Crippen molar-refractivity contribution < 1.29 is 17.9 Å². The fraction of sp³-hybridized carbons (Fsp3) is 0.647. The SMILES string of the molecule is CCN(C1CCCCC1)S(=O)(=O)c1ccc2c(c1)OCCCO2. The molecule has 23 heavy (non-hydrogen) atoms. The zero-order valence-electron chi connectivity index (χ0n) is 13.7. The predicted octanol–water partition coefficient (Wildman–Crippen LogP) is 3.19. The maximum Gasteiger partial charge on any atom is 0.243 e. The Kier molecular flexibility index (Phi) is 5.11. The van der Waals surface area contributed by atoms with E-state index in [1.807, 2.05) is 6.92 Å². The Morgan fingerprint density at radius 2 is 1.74 bits per heavy atom. The van der Waals surface area contributed by atoms with Crippen molar-refractivity contribution in [3.63, 3.8) is 0 Å². The second-order valence-corrected chi connectivity index (χ2v) is 8.05. The number of nitrogens with zero attached hydrogens (tertiary/aromatic N) is 1. The predicted molar refractivity (Wildman–Crippen MR) is 88.5 cm³/mol. The van der Waals surface area contributed by atoms with Gasteiger partial charge < -0.3 is 9.47 Å². The van der Waals surface area contributed by atoms with E-state index in [1.165, 1.54) is 6.42 Å². The highest BCUT2D eigenvalue weighted by molar-refractivity contribution is 7.89. The number of hydrogen-bond donors (Lipinski definition) is 0. The van der Waals surface area contributed by atoms with Crippen LogP contribution in [-0.2, 0) is 10.0 Å². The minimum absolute atomic E-state index is 0.120. The van der Waals surface area contributed by atoms with Crippen molar-refractivity contribution in [2.75, 3.05) is 19.8 Å². The van der Waals surface area contributed by atoms with Gasteiger partial charge in [0.25, 0.3) is 0 Å². The Morgan fingerprint density at radius 3 is 2.43 bits per heavy atom. The molecule has 128 valence electrons. The molecule has 5 nitrogen and oxygen atoms in total. The van der Waals surface area contributed by atoms with Crippen molar-refractivity contribution in [1.29, 1.82) is 0 Å². The van der Waals surface area contributed by atoms with Crippen molar-refractivity contribution in [2.24, 2.45) is 0 Å². The Labute approximate surface area is 138 Å². The first-order chi connectivity index (χ1) is 11.1. The van der Waals surface area contributed by atoms with Crippen LogP contribution in [0.25, 0.3) is 0 Å². The summed E-state index contributed by atoms with van der Waals surface area (Å²) in [6.45, 7) is 3.57. The molecular weight excluding hydrogens is 314 g/mol. The van der Waals surface area contributed by atoms with E-state index in [0.717, 1.165) is 32.1 Å². The van der Waals surface area contributed by atoms with Gasteiger partial charge in [0.05, 0.1) is 18.1 Å². The van der Waals surface area contributed by atoms with Crippen molar-refractivity contribution in [2.45, 2.75) is 56.4 Å². The first-order valence-corrected chi connectivity index (χ1v) is 9.98. The molecule has 6 heteroatoms. The zero-order valence-corrected chi connectivity index (χ0v) is 14.5. The van der Waals surface area contributed by atoms with E-state index in [2.05, 4.69) is 0 Å². The van der Waals surface area contributed by atoms with Crippen LogP contribution in [0, 0.1) is 0 Å². The summed E-state index contributed by atoms with van der Waals surface area (Å²) in [7, 11) is -3.50. The van der Waals surface area contributed by atoms with Gasteiger partial charge in [-0.2, -0.15) is 4.31 Å². The number of rotatable bonds is 4. The van der Waals surface area contributed by atoms with Gasteiger partial charge in [-0.25, -0.2) is 8.42 Å². The molecule has 1 saturated carbocycles. The van der Waals surface area contributed by atoms with Gasteiger partial charge in [-0.1, -0.05) is 26.2 Å². The summed E-state index contributed by atoms with van der Waals surface area (Å²) in [5.41, 5.74) is 0. The third-order valence-corrected chi connectivity index (χ3v) is 6.64. The molecule has 1 aromatic rings. The van der Waals surface area contributed by atoms with Crippen molar-refractivity contribution >= 4 is 10.0 Å². The maximum atomic E-state index is 13.1. The number of ether oxygens (including phenoxy) is 2. The molecule has 2 aliphatic rings. The standard InChI is InChI=1S/C17H25NO4S/c1-2-18(14-7-4-3-5-8-14)23(19,20)15-9-10-16-17(13-15)22-12-6-11-21-16/h9-10,13-14H,2-8,11-12H2,1H3. The lowest BCUT2D eigenvalue weighted by Gasteiger charge is -2.32. The fourth-order valence-corrected chi connectivity index (χ4v) is 5.14. The molecule has 0 radical (unpaired) electrons. The quantitative estimate of drug-likeness (QED) is 0.845. The fourth-order valence-electron chi connectivity index (χ4n) is 3.43. The minimum Gasteiger partial charge on any atom is -0.490 e. The summed E-state index contributed by atoms with van der Waals surface area (Å²) >= 11 is 0. The normalized spacial score (nSPS) is 19.6. The molecule has 3 rings (SSSR count). The van der Waals surface area contributed by atoms with E-state index in [1.54, 1.807) is 22.5 Å². The monoisotopic (exact) mass is 339 g/mol. The van der Waals surface area contributed by atoms with Gasteiger partial charge in [0.2, 0.25) is 10.0 Å². The maximum absolute atomic E-state index is 13.1. The second-order valence-electron chi connectivity index (χ2n) is 6.16. The van der Waals surface area contributed by atoms with Crippen LogP contribution in [0.1, 0.15) is 45.4 Å². The van der Waals surface area contributed by atoms with Crippen molar-refractivity contribution in [1.82, 2.24) is 4.31 Å². The van der Waals surface area contributed by atoms with E-state index in [0.29, 0.717) is 36.2 Å². The van der Waals surface area contributed by atoms with Crippen LogP contribution in [0.4, 0.5) is 0 Å². The van der Waals surface area contributed by atoms with Gasteiger partial charge in [-0.3, -0.25) is 0 Å². The summed E-state index contributed by atoms with van der Waals surface area (Å²) in [4.78, 5) is 0.300. The molecule has 0 atom stereocenters. The summed E-state index contributed by atoms with van der Waals surface area (Å²) < 4.78 is 39.0. The summed E-state index contributed by atoms with van der Waals surface area (Å²) in [5, 5.41) is 0. The molecule has 0 amide bonds. The molecule has 0 saturated heterocycles. The molecule has 1 aliphatic carbocycles.